The molecule has 0 unspecified atom stereocenters. The first-order valence-corrected chi connectivity index (χ1v) is 7.82. The number of benzene rings is 1. The second kappa shape index (κ2) is 6.25. The molecule has 0 radical (unpaired) electrons. The molecule has 0 aliphatic carbocycles. The van der Waals surface area contributed by atoms with E-state index in [1.165, 1.54) is 21.1 Å². The van der Waals surface area contributed by atoms with E-state index in [0.29, 0.717) is 11.4 Å². The third kappa shape index (κ3) is 2.52. The van der Waals surface area contributed by atoms with Gasteiger partial charge >= 0.3 is 5.97 Å². The number of methoxy groups -OCH3 is 2. The molecule has 9 nitrogen and oxygen atoms in total. The van der Waals surface area contributed by atoms with Gasteiger partial charge in [-0.1, -0.05) is 0 Å². The maximum Gasteiger partial charge on any atom is 0.354 e. The van der Waals surface area contributed by atoms with Crippen molar-refractivity contribution in [2.45, 2.75) is 25.3 Å². The quantitative estimate of drug-likeness (QED) is 0.574. The molecule has 1 fully saturated rings. The Hall–Kier alpha value is -3.23. The van der Waals surface area contributed by atoms with Gasteiger partial charge in [-0.15, -0.1) is 0 Å². The topological polar surface area (TPSA) is 106 Å². The van der Waals surface area contributed by atoms with Gasteiger partial charge in [0.25, 0.3) is 5.91 Å². The van der Waals surface area contributed by atoms with Crippen LogP contribution in [0.4, 0.5) is 5.69 Å². The van der Waals surface area contributed by atoms with Crippen LogP contribution < -0.4 is 9.64 Å². The van der Waals surface area contributed by atoms with Gasteiger partial charge in [0.1, 0.15) is 11.5 Å². The van der Waals surface area contributed by atoms with Gasteiger partial charge in [-0.25, -0.2) is 14.7 Å². The molecular formula is C17H17N3O6. The lowest BCUT2D eigenvalue weighted by Crippen LogP contribution is -2.51. The van der Waals surface area contributed by atoms with Crippen LogP contribution in [0.3, 0.4) is 0 Å². The molecule has 3 rings (SSSR count). The van der Waals surface area contributed by atoms with E-state index in [1.807, 2.05) is 0 Å². The van der Waals surface area contributed by atoms with Gasteiger partial charge in [0.15, 0.2) is 5.54 Å². The standard InChI is InChI=1S/C17H17N3O6/c1-10(21)20-17(8-13(18-20)15(23)26-3)9-14(22)19(16(17)24)11-4-6-12(25-2)7-5-11/h4-7H,8-9H2,1-3H3/t17-/m1/s1. The van der Waals surface area contributed by atoms with Crippen molar-refractivity contribution in [3.05, 3.63) is 24.3 Å². The van der Waals surface area contributed by atoms with E-state index in [2.05, 4.69) is 9.84 Å². The monoisotopic (exact) mass is 359 g/mol. The molecule has 0 aromatic heterocycles. The van der Waals surface area contributed by atoms with E-state index in [0.717, 1.165) is 9.91 Å². The highest BCUT2D eigenvalue weighted by Gasteiger charge is 2.61. The molecule has 2 heterocycles. The summed E-state index contributed by atoms with van der Waals surface area (Å²) in [5.74, 6) is -1.79. The predicted octanol–water partition coefficient (Wildman–Crippen LogP) is 0.478. The lowest BCUT2D eigenvalue weighted by atomic mass is 9.91. The van der Waals surface area contributed by atoms with Gasteiger partial charge in [0.2, 0.25) is 11.8 Å². The zero-order chi connectivity index (χ0) is 19.1. The summed E-state index contributed by atoms with van der Waals surface area (Å²) in [6.07, 6.45) is -0.433. The highest BCUT2D eigenvalue weighted by atomic mass is 16.5. The van der Waals surface area contributed by atoms with Crippen LogP contribution in [-0.4, -0.2) is 54.2 Å². The minimum absolute atomic E-state index is 0.0690. The van der Waals surface area contributed by atoms with Crippen molar-refractivity contribution in [3.8, 4) is 5.75 Å². The van der Waals surface area contributed by atoms with E-state index >= 15 is 0 Å². The van der Waals surface area contributed by atoms with Crippen LogP contribution in [0.2, 0.25) is 0 Å². The van der Waals surface area contributed by atoms with E-state index in [9.17, 15) is 19.2 Å². The fourth-order valence-corrected chi connectivity index (χ4v) is 3.23. The number of imide groups is 1. The van der Waals surface area contributed by atoms with Crippen LogP contribution in [0.25, 0.3) is 0 Å². The Morgan fingerprint density at radius 2 is 1.77 bits per heavy atom. The summed E-state index contributed by atoms with van der Waals surface area (Å²) in [5.41, 5.74) is -1.25. The Morgan fingerprint density at radius 3 is 2.31 bits per heavy atom. The van der Waals surface area contributed by atoms with E-state index in [1.54, 1.807) is 24.3 Å². The Balaban J connectivity index is 1.98. The molecule has 2 aliphatic heterocycles. The summed E-state index contributed by atoms with van der Waals surface area (Å²) >= 11 is 0. The normalized spacial score (nSPS) is 22.0. The highest BCUT2D eigenvalue weighted by Crippen LogP contribution is 2.40. The van der Waals surface area contributed by atoms with Crippen LogP contribution in [-0.2, 0) is 23.9 Å². The molecule has 1 aromatic rings. The SMILES string of the molecule is COC(=O)C1=NN(C(C)=O)[C@@]2(CC(=O)N(c3ccc(OC)cc3)C2=O)C1. The van der Waals surface area contributed by atoms with Crippen LogP contribution in [0.15, 0.2) is 29.4 Å². The number of amides is 3. The van der Waals surface area contributed by atoms with Crippen molar-refractivity contribution in [3.63, 3.8) is 0 Å². The first-order chi connectivity index (χ1) is 12.3. The van der Waals surface area contributed by atoms with Gasteiger partial charge in [-0.3, -0.25) is 14.4 Å². The Kier molecular flexibility index (Phi) is 4.23. The highest BCUT2D eigenvalue weighted by molar-refractivity contribution is 6.39. The lowest BCUT2D eigenvalue weighted by Gasteiger charge is -2.28. The molecule has 0 saturated carbocycles. The molecule has 1 spiro atoms. The third-order valence-electron chi connectivity index (χ3n) is 4.43. The number of esters is 1. The summed E-state index contributed by atoms with van der Waals surface area (Å²) < 4.78 is 9.70. The maximum absolute atomic E-state index is 13.1. The summed E-state index contributed by atoms with van der Waals surface area (Å²) in [6.45, 7) is 1.22. The van der Waals surface area contributed by atoms with Crippen LogP contribution in [0.5, 0.6) is 5.75 Å². The summed E-state index contributed by atoms with van der Waals surface area (Å²) in [7, 11) is 2.68. The average Bonchev–Trinajstić information content (AvgIpc) is 3.13. The molecule has 26 heavy (non-hydrogen) atoms. The summed E-state index contributed by atoms with van der Waals surface area (Å²) in [6, 6.07) is 6.38. The number of rotatable bonds is 3. The second-order valence-electron chi connectivity index (χ2n) is 5.99. The number of hydrogen-bond donors (Lipinski definition) is 0. The fourth-order valence-electron chi connectivity index (χ4n) is 3.23. The van der Waals surface area contributed by atoms with Gasteiger partial charge in [0.05, 0.1) is 26.3 Å². The molecule has 0 bridgehead atoms. The molecule has 1 saturated heterocycles. The Bertz CT molecular complexity index is 831. The average molecular weight is 359 g/mol. The van der Waals surface area contributed by atoms with Crippen LogP contribution >= 0.6 is 0 Å². The summed E-state index contributed by atoms with van der Waals surface area (Å²) in [5, 5.41) is 4.86. The van der Waals surface area contributed by atoms with Gasteiger partial charge in [0, 0.05) is 13.3 Å². The first-order valence-electron chi connectivity index (χ1n) is 7.82. The number of hydrazone groups is 1. The molecule has 1 aromatic carbocycles. The van der Waals surface area contributed by atoms with Gasteiger partial charge in [-0.05, 0) is 24.3 Å². The van der Waals surface area contributed by atoms with Crippen molar-refractivity contribution in [2.75, 3.05) is 19.1 Å². The van der Waals surface area contributed by atoms with Crippen LogP contribution in [0.1, 0.15) is 19.8 Å². The first kappa shape index (κ1) is 17.6. The number of carbonyl (C=O) groups excluding carboxylic acids is 4. The predicted molar refractivity (Wildman–Crippen MR) is 89.4 cm³/mol. The smallest absolute Gasteiger partial charge is 0.354 e. The second-order valence-corrected chi connectivity index (χ2v) is 5.99. The number of nitrogens with zero attached hydrogens (tertiary/aromatic N) is 3. The van der Waals surface area contributed by atoms with Crippen LogP contribution in [0, 0.1) is 0 Å². The van der Waals surface area contributed by atoms with E-state index in [-0.39, 0.29) is 18.6 Å². The zero-order valence-corrected chi connectivity index (χ0v) is 14.5. The maximum atomic E-state index is 13.1. The van der Waals surface area contributed by atoms with Crippen molar-refractivity contribution in [1.29, 1.82) is 0 Å². The zero-order valence-electron chi connectivity index (χ0n) is 14.5. The van der Waals surface area contributed by atoms with Gasteiger partial charge in [-0.2, -0.15) is 5.10 Å². The largest absolute Gasteiger partial charge is 0.497 e. The molecule has 2 aliphatic rings. The number of anilines is 1. The minimum atomic E-state index is -1.54. The van der Waals surface area contributed by atoms with E-state index in [4.69, 9.17) is 4.74 Å². The van der Waals surface area contributed by atoms with E-state index < -0.39 is 29.2 Å². The minimum Gasteiger partial charge on any atom is -0.497 e. The molecule has 0 N–H and O–H groups in total. The lowest BCUT2D eigenvalue weighted by molar-refractivity contribution is -0.141. The molecule has 3 amide bonds. The number of ether oxygens (including phenoxy) is 2. The molecule has 9 heteroatoms. The number of carbonyl (C=O) groups is 4. The summed E-state index contributed by atoms with van der Waals surface area (Å²) in [4.78, 5) is 50.5. The van der Waals surface area contributed by atoms with Crippen molar-refractivity contribution in [2.24, 2.45) is 5.10 Å². The van der Waals surface area contributed by atoms with Crippen molar-refractivity contribution in [1.82, 2.24) is 5.01 Å². The van der Waals surface area contributed by atoms with Gasteiger partial charge < -0.3 is 9.47 Å². The Labute approximate surface area is 149 Å². The Morgan fingerprint density at radius 1 is 1.12 bits per heavy atom. The third-order valence-corrected chi connectivity index (χ3v) is 4.43. The van der Waals surface area contributed by atoms with Crippen molar-refractivity contribution < 1.29 is 28.7 Å². The van der Waals surface area contributed by atoms with Crippen molar-refractivity contribution >= 4 is 35.1 Å². The molecule has 136 valence electrons. The molecular weight excluding hydrogens is 342 g/mol. The fraction of sp³-hybridized carbons (Fsp3) is 0.353. The molecule has 1 atom stereocenters. The number of hydrogen-bond acceptors (Lipinski definition) is 7.